The predicted octanol–water partition coefficient (Wildman–Crippen LogP) is 3.73. The fraction of sp³-hybridized carbons (Fsp3) is 0.812. The van der Waals surface area contributed by atoms with E-state index in [0.717, 1.165) is 37.9 Å². The van der Waals surface area contributed by atoms with Crippen LogP contribution in [-0.2, 0) is 19.4 Å². The summed E-state index contributed by atoms with van der Waals surface area (Å²) >= 11 is 0. The van der Waals surface area contributed by atoms with Gasteiger partial charge in [-0.25, -0.2) is 0 Å². The highest BCUT2D eigenvalue weighted by Gasteiger charge is 2.11. The van der Waals surface area contributed by atoms with E-state index in [9.17, 15) is 5.11 Å². The Balaban J connectivity index is 2.34. The van der Waals surface area contributed by atoms with Crippen LogP contribution >= 0.6 is 0 Å². The minimum atomic E-state index is -0.215. The first-order chi connectivity index (χ1) is 9.21. The first-order valence-electron chi connectivity index (χ1n) is 7.94. The number of aromatic nitrogens is 2. The van der Waals surface area contributed by atoms with Crippen molar-refractivity contribution in [2.75, 3.05) is 0 Å². The molecule has 1 unspecified atom stereocenters. The molecule has 0 aromatic carbocycles. The van der Waals surface area contributed by atoms with Crippen LogP contribution in [0.2, 0.25) is 0 Å². The molecule has 0 saturated heterocycles. The molecule has 0 radical (unpaired) electrons. The molecule has 1 atom stereocenters. The molecule has 1 N–H and O–H groups in total. The molecule has 1 rings (SSSR count). The largest absolute Gasteiger partial charge is 0.393 e. The van der Waals surface area contributed by atoms with Crippen LogP contribution in [-0.4, -0.2) is 21.0 Å². The summed E-state index contributed by atoms with van der Waals surface area (Å²) < 4.78 is 2.03. The molecule has 0 spiro atoms. The molecule has 0 bridgehead atoms. The van der Waals surface area contributed by atoms with Gasteiger partial charge in [-0.1, -0.05) is 46.0 Å². The lowest BCUT2D eigenvalue weighted by Gasteiger charge is -2.11. The molecule has 0 amide bonds. The van der Waals surface area contributed by atoms with Gasteiger partial charge in [0.15, 0.2) is 0 Å². The van der Waals surface area contributed by atoms with Crippen LogP contribution in [0.15, 0.2) is 6.07 Å². The lowest BCUT2D eigenvalue weighted by Crippen LogP contribution is -2.14. The Bertz CT molecular complexity index is 347. The van der Waals surface area contributed by atoms with Crippen molar-refractivity contribution in [3.05, 3.63) is 17.5 Å². The maximum atomic E-state index is 10.1. The van der Waals surface area contributed by atoms with Gasteiger partial charge in [-0.05, 0) is 25.8 Å². The van der Waals surface area contributed by atoms with E-state index in [-0.39, 0.29) is 6.10 Å². The lowest BCUT2D eigenvalue weighted by atomic mass is 10.0. The van der Waals surface area contributed by atoms with E-state index in [0.29, 0.717) is 0 Å². The first-order valence-corrected chi connectivity index (χ1v) is 7.94. The van der Waals surface area contributed by atoms with Crippen molar-refractivity contribution in [2.45, 2.75) is 84.8 Å². The molecule has 0 aliphatic rings. The Kier molecular flexibility index (Phi) is 7.80. The number of nitrogens with zero attached hydrogens (tertiary/aromatic N) is 2. The zero-order valence-corrected chi connectivity index (χ0v) is 12.9. The standard InChI is InChI=1S/C16H30N2O/c1-4-7-8-9-10-11-16(19)13-15-12-14(5-2)17-18(15)6-3/h12,16,19H,4-11,13H2,1-3H3. The molecule has 1 aromatic rings. The minimum Gasteiger partial charge on any atom is -0.393 e. The second-order valence-corrected chi connectivity index (χ2v) is 5.36. The summed E-state index contributed by atoms with van der Waals surface area (Å²) in [6, 6.07) is 2.14. The molecule has 19 heavy (non-hydrogen) atoms. The Labute approximate surface area is 118 Å². The molecule has 0 aliphatic heterocycles. The number of unbranched alkanes of at least 4 members (excludes halogenated alkanes) is 4. The van der Waals surface area contributed by atoms with E-state index < -0.39 is 0 Å². The molecule has 3 heteroatoms. The van der Waals surface area contributed by atoms with Crippen molar-refractivity contribution in [3.8, 4) is 0 Å². The Morgan fingerprint density at radius 1 is 1.16 bits per heavy atom. The van der Waals surface area contributed by atoms with Crippen LogP contribution < -0.4 is 0 Å². The SMILES string of the molecule is CCCCCCCC(O)Cc1cc(CC)nn1CC. The molecule has 3 nitrogen and oxygen atoms in total. The maximum absolute atomic E-state index is 10.1. The molecule has 0 fully saturated rings. The van der Waals surface area contributed by atoms with Gasteiger partial charge in [-0.3, -0.25) is 4.68 Å². The fourth-order valence-electron chi connectivity index (χ4n) is 2.45. The third-order valence-corrected chi connectivity index (χ3v) is 3.66. The van der Waals surface area contributed by atoms with Crippen molar-refractivity contribution in [2.24, 2.45) is 0 Å². The van der Waals surface area contributed by atoms with Crippen molar-refractivity contribution >= 4 is 0 Å². The smallest absolute Gasteiger partial charge is 0.0624 e. The van der Waals surface area contributed by atoms with Gasteiger partial charge in [0.25, 0.3) is 0 Å². The predicted molar refractivity (Wildman–Crippen MR) is 80.4 cm³/mol. The van der Waals surface area contributed by atoms with Gasteiger partial charge >= 0.3 is 0 Å². The third-order valence-electron chi connectivity index (χ3n) is 3.66. The van der Waals surface area contributed by atoms with E-state index in [2.05, 4.69) is 31.9 Å². The number of aryl methyl sites for hydroxylation is 2. The van der Waals surface area contributed by atoms with Crippen LogP contribution in [0.1, 0.15) is 70.7 Å². The summed E-state index contributed by atoms with van der Waals surface area (Å²) in [5.74, 6) is 0. The topological polar surface area (TPSA) is 38.1 Å². The van der Waals surface area contributed by atoms with Crippen molar-refractivity contribution in [1.29, 1.82) is 0 Å². The Hall–Kier alpha value is -0.830. The quantitative estimate of drug-likeness (QED) is 0.655. The summed E-state index contributed by atoms with van der Waals surface area (Å²) in [6.07, 6.45) is 8.70. The zero-order chi connectivity index (χ0) is 14.1. The summed E-state index contributed by atoms with van der Waals surface area (Å²) in [5, 5.41) is 14.6. The van der Waals surface area contributed by atoms with E-state index in [4.69, 9.17) is 0 Å². The highest BCUT2D eigenvalue weighted by atomic mass is 16.3. The van der Waals surface area contributed by atoms with Crippen molar-refractivity contribution in [1.82, 2.24) is 9.78 Å². The second kappa shape index (κ2) is 9.13. The van der Waals surface area contributed by atoms with Crippen LogP contribution in [0.4, 0.5) is 0 Å². The average Bonchev–Trinajstić information content (AvgIpc) is 2.80. The van der Waals surface area contributed by atoms with Crippen molar-refractivity contribution < 1.29 is 5.11 Å². The minimum absolute atomic E-state index is 0.215. The number of hydrogen-bond donors (Lipinski definition) is 1. The Morgan fingerprint density at radius 2 is 1.89 bits per heavy atom. The summed E-state index contributed by atoms with van der Waals surface area (Å²) in [5.41, 5.74) is 2.31. The maximum Gasteiger partial charge on any atom is 0.0624 e. The van der Waals surface area contributed by atoms with Gasteiger partial charge in [0, 0.05) is 18.7 Å². The number of aliphatic hydroxyl groups excluding tert-OH is 1. The van der Waals surface area contributed by atoms with Crippen LogP contribution in [0.3, 0.4) is 0 Å². The van der Waals surface area contributed by atoms with Gasteiger partial charge in [-0.15, -0.1) is 0 Å². The summed E-state index contributed by atoms with van der Waals surface area (Å²) in [7, 11) is 0. The van der Waals surface area contributed by atoms with E-state index >= 15 is 0 Å². The van der Waals surface area contributed by atoms with Gasteiger partial charge in [0.1, 0.15) is 0 Å². The summed E-state index contributed by atoms with van der Waals surface area (Å²) in [6.45, 7) is 7.34. The average molecular weight is 266 g/mol. The van der Waals surface area contributed by atoms with Crippen LogP contribution in [0.25, 0.3) is 0 Å². The molecular weight excluding hydrogens is 236 g/mol. The lowest BCUT2D eigenvalue weighted by molar-refractivity contribution is 0.158. The van der Waals surface area contributed by atoms with Crippen molar-refractivity contribution in [3.63, 3.8) is 0 Å². The monoisotopic (exact) mass is 266 g/mol. The fourth-order valence-corrected chi connectivity index (χ4v) is 2.45. The highest BCUT2D eigenvalue weighted by Crippen LogP contribution is 2.13. The van der Waals surface area contributed by atoms with Crippen LogP contribution in [0, 0.1) is 0 Å². The Morgan fingerprint density at radius 3 is 2.53 bits per heavy atom. The molecule has 0 saturated carbocycles. The highest BCUT2D eigenvalue weighted by molar-refractivity contribution is 5.11. The normalized spacial score (nSPS) is 12.8. The number of hydrogen-bond acceptors (Lipinski definition) is 2. The molecule has 110 valence electrons. The summed E-state index contributed by atoms with van der Waals surface area (Å²) in [4.78, 5) is 0. The molecule has 1 heterocycles. The number of aliphatic hydroxyl groups is 1. The molecular formula is C16H30N2O. The van der Waals surface area contributed by atoms with Gasteiger partial charge in [-0.2, -0.15) is 5.10 Å². The number of rotatable bonds is 10. The molecule has 0 aliphatic carbocycles. The van der Waals surface area contributed by atoms with E-state index in [1.54, 1.807) is 0 Å². The van der Waals surface area contributed by atoms with E-state index in [1.165, 1.54) is 31.4 Å². The third kappa shape index (κ3) is 5.77. The van der Waals surface area contributed by atoms with Gasteiger partial charge in [0.05, 0.1) is 11.8 Å². The van der Waals surface area contributed by atoms with Gasteiger partial charge < -0.3 is 5.11 Å². The second-order valence-electron chi connectivity index (χ2n) is 5.36. The van der Waals surface area contributed by atoms with Crippen LogP contribution in [0.5, 0.6) is 0 Å². The van der Waals surface area contributed by atoms with E-state index in [1.807, 2.05) is 4.68 Å². The zero-order valence-electron chi connectivity index (χ0n) is 12.9. The van der Waals surface area contributed by atoms with Gasteiger partial charge in [0.2, 0.25) is 0 Å². The first kappa shape index (κ1) is 16.2. The molecule has 1 aromatic heterocycles.